The number of benzene rings is 1. The summed E-state index contributed by atoms with van der Waals surface area (Å²) in [5, 5.41) is 10.8. The molecule has 0 bridgehead atoms. The molecule has 2 aromatic rings. The quantitative estimate of drug-likeness (QED) is 0.885. The zero-order valence-corrected chi connectivity index (χ0v) is 10.8. The van der Waals surface area contributed by atoms with Gasteiger partial charge in [0.15, 0.2) is 0 Å². The molecule has 1 aliphatic rings. The molecule has 0 radical (unpaired) electrons. The minimum Gasteiger partial charge on any atom is -0.398 e. The van der Waals surface area contributed by atoms with Crippen LogP contribution in [0.5, 0.6) is 0 Å². The molecule has 0 spiro atoms. The van der Waals surface area contributed by atoms with Gasteiger partial charge in [-0.05, 0) is 24.5 Å². The van der Waals surface area contributed by atoms with E-state index in [2.05, 4.69) is 17.1 Å². The summed E-state index contributed by atoms with van der Waals surface area (Å²) in [6.45, 7) is 0. The van der Waals surface area contributed by atoms with Gasteiger partial charge < -0.3 is 10.8 Å². The Kier molecular flexibility index (Phi) is 2.99. The van der Waals surface area contributed by atoms with E-state index in [9.17, 15) is 5.11 Å². The van der Waals surface area contributed by atoms with E-state index < -0.39 is 6.10 Å². The Bertz CT molecular complexity index is 564. The highest BCUT2D eigenvalue weighted by Crippen LogP contribution is 2.52. The summed E-state index contributed by atoms with van der Waals surface area (Å²) >= 11 is 0. The first-order chi connectivity index (χ1) is 9.24. The third-order valence-electron chi connectivity index (χ3n) is 4.30. The smallest absolute Gasteiger partial charge is 0.0921 e. The molecular formula is C16H18N2O. The summed E-state index contributed by atoms with van der Waals surface area (Å²) in [6, 6.07) is 12.0. The molecule has 3 nitrogen and oxygen atoms in total. The molecule has 1 aromatic carbocycles. The fourth-order valence-electron chi connectivity index (χ4n) is 2.99. The van der Waals surface area contributed by atoms with Gasteiger partial charge >= 0.3 is 0 Å². The molecule has 1 heterocycles. The zero-order chi connectivity index (χ0) is 13.3. The minimum absolute atomic E-state index is 0.196. The number of hydrogen-bond acceptors (Lipinski definition) is 3. The third kappa shape index (κ3) is 1.90. The van der Waals surface area contributed by atoms with E-state index in [1.807, 2.05) is 18.2 Å². The first-order valence-corrected chi connectivity index (χ1v) is 6.67. The van der Waals surface area contributed by atoms with Crippen LogP contribution < -0.4 is 5.73 Å². The molecule has 1 unspecified atom stereocenters. The van der Waals surface area contributed by atoms with Crippen molar-refractivity contribution in [2.75, 3.05) is 5.73 Å². The van der Waals surface area contributed by atoms with Crippen molar-refractivity contribution in [1.82, 2.24) is 4.98 Å². The van der Waals surface area contributed by atoms with Crippen LogP contribution in [0.15, 0.2) is 48.8 Å². The van der Waals surface area contributed by atoms with Crippen LogP contribution in [0.2, 0.25) is 0 Å². The van der Waals surface area contributed by atoms with Crippen LogP contribution in [-0.4, -0.2) is 10.1 Å². The van der Waals surface area contributed by atoms with Crippen LogP contribution >= 0.6 is 0 Å². The number of nitrogens with two attached hydrogens (primary N) is 1. The summed E-state index contributed by atoms with van der Waals surface area (Å²) in [4.78, 5) is 4.09. The number of nitrogen functional groups attached to an aromatic ring is 1. The van der Waals surface area contributed by atoms with Gasteiger partial charge in [-0.3, -0.25) is 4.98 Å². The molecule has 3 N–H and O–H groups in total. The minimum atomic E-state index is -0.586. The summed E-state index contributed by atoms with van der Waals surface area (Å²) in [5.41, 5.74) is 8.33. The van der Waals surface area contributed by atoms with Gasteiger partial charge in [-0.2, -0.15) is 0 Å². The van der Waals surface area contributed by atoms with Gasteiger partial charge in [-0.15, -0.1) is 0 Å². The lowest BCUT2D eigenvalue weighted by Gasteiger charge is -2.46. The van der Waals surface area contributed by atoms with E-state index in [0.29, 0.717) is 5.69 Å². The SMILES string of the molecule is Nc1ccncc1C(O)C1(c2ccccc2)CCC1. The Balaban J connectivity index is 2.02. The number of aromatic nitrogens is 1. The fourth-order valence-corrected chi connectivity index (χ4v) is 2.99. The van der Waals surface area contributed by atoms with Crippen molar-refractivity contribution in [1.29, 1.82) is 0 Å². The van der Waals surface area contributed by atoms with Gasteiger partial charge in [0.1, 0.15) is 0 Å². The molecule has 0 aliphatic heterocycles. The molecule has 0 saturated heterocycles. The Labute approximate surface area is 113 Å². The number of aliphatic hydroxyl groups is 1. The van der Waals surface area contributed by atoms with Crippen LogP contribution in [0.25, 0.3) is 0 Å². The third-order valence-corrected chi connectivity index (χ3v) is 4.30. The van der Waals surface area contributed by atoms with E-state index in [1.54, 1.807) is 18.5 Å². The summed E-state index contributed by atoms with van der Waals surface area (Å²) in [5.74, 6) is 0. The predicted molar refractivity (Wildman–Crippen MR) is 75.6 cm³/mol. The molecule has 1 atom stereocenters. The van der Waals surface area contributed by atoms with Gasteiger partial charge in [-0.25, -0.2) is 0 Å². The lowest BCUT2D eigenvalue weighted by Crippen LogP contribution is -2.40. The van der Waals surface area contributed by atoms with E-state index in [4.69, 9.17) is 5.73 Å². The van der Waals surface area contributed by atoms with Crippen LogP contribution in [-0.2, 0) is 5.41 Å². The van der Waals surface area contributed by atoms with Crippen LogP contribution in [0.3, 0.4) is 0 Å². The lowest BCUT2D eigenvalue weighted by atomic mass is 9.60. The number of pyridine rings is 1. The molecule has 1 aliphatic carbocycles. The molecule has 98 valence electrons. The van der Waals surface area contributed by atoms with Crippen molar-refractivity contribution < 1.29 is 5.11 Å². The molecule has 1 aromatic heterocycles. The maximum atomic E-state index is 10.8. The highest BCUT2D eigenvalue weighted by molar-refractivity contribution is 5.48. The van der Waals surface area contributed by atoms with E-state index >= 15 is 0 Å². The van der Waals surface area contributed by atoms with Crippen LogP contribution in [0.4, 0.5) is 5.69 Å². The van der Waals surface area contributed by atoms with E-state index in [1.165, 1.54) is 5.56 Å². The van der Waals surface area contributed by atoms with Gasteiger partial charge in [0.25, 0.3) is 0 Å². The van der Waals surface area contributed by atoms with Crippen LogP contribution in [0.1, 0.15) is 36.5 Å². The summed E-state index contributed by atoms with van der Waals surface area (Å²) < 4.78 is 0. The Hall–Kier alpha value is -1.87. The summed E-state index contributed by atoms with van der Waals surface area (Å²) in [7, 11) is 0. The molecular weight excluding hydrogens is 236 g/mol. The standard InChI is InChI=1S/C16H18N2O/c17-14-7-10-18-11-13(14)15(19)16(8-4-9-16)12-5-2-1-3-6-12/h1-3,5-7,10-11,15,19H,4,8-9H2,(H2,17,18). The van der Waals surface area contributed by atoms with Crippen molar-refractivity contribution in [2.24, 2.45) is 0 Å². The molecule has 3 heteroatoms. The van der Waals surface area contributed by atoms with Gasteiger partial charge in [-0.1, -0.05) is 36.8 Å². The van der Waals surface area contributed by atoms with Crippen LogP contribution in [0, 0.1) is 0 Å². The maximum absolute atomic E-state index is 10.8. The molecule has 19 heavy (non-hydrogen) atoms. The van der Waals surface area contributed by atoms with Gasteiger partial charge in [0.2, 0.25) is 0 Å². The second-order valence-corrected chi connectivity index (χ2v) is 5.28. The molecule has 1 fully saturated rings. The average molecular weight is 254 g/mol. The monoisotopic (exact) mass is 254 g/mol. The van der Waals surface area contributed by atoms with Crippen molar-refractivity contribution in [2.45, 2.75) is 30.8 Å². The average Bonchev–Trinajstić information content (AvgIpc) is 2.39. The predicted octanol–water partition coefficient (Wildman–Crippen LogP) is 2.82. The Morgan fingerprint density at radius 2 is 1.89 bits per heavy atom. The second-order valence-electron chi connectivity index (χ2n) is 5.28. The number of anilines is 1. The van der Waals surface area contributed by atoms with Crippen molar-refractivity contribution in [3.8, 4) is 0 Å². The number of rotatable bonds is 3. The number of hydrogen-bond donors (Lipinski definition) is 2. The highest BCUT2D eigenvalue weighted by atomic mass is 16.3. The lowest BCUT2D eigenvalue weighted by molar-refractivity contribution is 0.0271. The van der Waals surface area contributed by atoms with E-state index in [-0.39, 0.29) is 5.41 Å². The van der Waals surface area contributed by atoms with E-state index in [0.717, 1.165) is 24.8 Å². The highest BCUT2D eigenvalue weighted by Gasteiger charge is 2.46. The topological polar surface area (TPSA) is 59.1 Å². The first kappa shape index (κ1) is 12.2. The Morgan fingerprint density at radius 1 is 1.16 bits per heavy atom. The largest absolute Gasteiger partial charge is 0.398 e. The van der Waals surface area contributed by atoms with Crippen molar-refractivity contribution >= 4 is 5.69 Å². The molecule has 0 amide bonds. The maximum Gasteiger partial charge on any atom is 0.0921 e. The van der Waals surface area contributed by atoms with Crippen molar-refractivity contribution in [3.63, 3.8) is 0 Å². The fraction of sp³-hybridized carbons (Fsp3) is 0.312. The second kappa shape index (κ2) is 4.67. The van der Waals surface area contributed by atoms with Gasteiger partial charge in [0.05, 0.1) is 6.10 Å². The Morgan fingerprint density at radius 3 is 2.47 bits per heavy atom. The van der Waals surface area contributed by atoms with Gasteiger partial charge in [0, 0.05) is 29.1 Å². The molecule has 3 rings (SSSR count). The summed E-state index contributed by atoms with van der Waals surface area (Å²) in [6.07, 6.45) is 5.88. The zero-order valence-electron chi connectivity index (χ0n) is 10.8. The van der Waals surface area contributed by atoms with Crippen molar-refractivity contribution in [3.05, 3.63) is 59.9 Å². The normalized spacial score (nSPS) is 18.6. The number of nitrogens with zero attached hydrogens (tertiary/aromatic N) is 1. The number of aliphatic hydroxyl groups excluding tert-OH is 1. The first-order valence-electron chi connectivity index (χ1n) is 6.67. The molecule has 1 saturated carbocycles.